The Morgan fingerprint density at radius 2 is 1.85 bits per heavy atom. The fourth-order valence-electron chi connectivity index (χ4n) is 12.7. The molecule has 0 aliphatic carbocycles. The highest BCUT2D eigenvalue weighted by molar-refractivity contribution is 7.23. The Balaban J connectivity index is 0.823. The normalized spacial score (nSPS) is 22.4. The van der Waals surface area contributed by atoms with E-state index in [1.807, 2.05) is 37.8 Å². The van der Waals surface area contributed by atoms with Crippen LogP contribution in [0.2, 0.25) is 5.02 Å². The van der Waals surface area contributed by atoms with E-state index >= 15 is 8.78 Å². The van der Waals surface area contributed by atoms with E-state index in [0.29, 0.717) is 42.0 Å². The molecule has 0 radical (unpaired) electrons. The number of anilines is 2. The summed E-state index contributed by atoms with van der Waals surface area (Å²) in [5.74, 6) is -2.07. The molecule has 0 bridgehead atoms. The fourth-order valence-corrected chi connectivity index (χ4v) is 13.9. The van der Waals surface area contributed by atoms with E-state index in [-0.39, 0.29) is 133 Å². The number of rotatable bonds is 11. The second-order valence-electron chi connectivity index (χ2n) is 21.3. The zero-order valence-electron chi connectivity index (χ0n) is 43.6. The molecule has 0 spiro atoms. The number of halogens is 4. The van der Waals surface area contributed by atoms with Crippen molar-refractivity contribution in [1.29, 1.82) is 5.26 Å². The van der Waals surface area contributed by atoms with Gasteiger partial charge in [-0.15, -0.1) is 11.3 Å². The van der Waals surface area contributed by atoms with Crippen LogP contribution >= 0.6 is 22.9 Å². The van der Waals surface area contributed by atoms with Gasteiger partial charge in [-0.05, 0) is 93.6 Å². The Bertz CT molecular complexity index is 3980. The van der Waals surface area contributed by atoms with Crippen molar-refractivity contribution in [2.24, 2.45) is 0 Å². The number of benzene rings is 3. The number of nitrogens with two attached hydrogens (primary N) is 1. The molecule has 3 aromatic carbocycles. The minimum Gasteiger partial charge on any atom is -0.461 e. The zero-order chi connectivity index (χ0) is 55.7. The summed E-state index contributed by atoms with van der Waals surface area (Å²) >= 11 is 7.91. The number of carbonyl (C=O) groups is 2. The summed E-state index contributed by atoms with van der Waals surface area (Å²) in [6.07, 6.45) is 1.42. The summed E-state index contributed by atoms with van der Waals surface area (Å²) in [7, 11) is 0. The van der Waals surface area contributed by atoms with Crippen LogP contribution in [0.3, 0.4) is 0 Å². The number of nitrogens with zero attached hydrogens (tertiary/aromatic N) is 8. The van der Waals surface area contributed by atoms with Crippen molar-refractivity contribution in [1.82, 2.24) is 29.3 Å². The van der Waals surface area contributed by atoms with Gasteiger partial charge < -0.3 is 39.4 Å². The van der Waals surface area contributed by atoms with Gasteiger partial charge in [0.15, 0.2) is 11.4 Å². The standard InChI is InChI=1S/C58H53ClF3N9O7S/c1-7-33-35-16-32(10-13-43(35)65-48-38(33)24-71-44(48)18-40-39(54(71)73)25-76-55(74)58(40,75)8-2)78-30(6)29(5)53(72)70-22-27(3)69(21-28(70)4)52-36-17-41(59)46(34-11-12-42(61)50-45(34)37(20-63)51(64)79-50)47(62)49(36)66-56(67-52)77-26-57-14-9-15-68(57)23-31(60)19-57/h10-13,16-18,27-28,31,75H,5-9,14-15,19,21-26,64H2,1-4H3/t27-,28+,31+,57-,58-/m0/s1. The molecule has 5 aliphatic rings. The van der Waals surface area contributed by atoms with Gasteiger partial charge in [0.25, 0.3) is 11.5 Å². The number of alkyl halides is 1. The van der Waals surface area contributed by atoms with Crippen molar-refractivity contribution in [2.45, 2.75) is 102 Å². The number of nitrogen functional groups attached to an aromatic ring is 1. The lowest BCUT2D eigenvalue weighted by Crippen LogP contribution is -2.58. The first-order valence-electron chi connectivity index (χ1n) is 26.2. The number of hydrogen-bond acceptors (Lipinski definition) is 15. The number of amides is 1. The molecule has 5 atom stereocenters. The van der Waals surface area contributed by atoms with E-state index in [4.69, 9.17) is 41.5 Å². The minimum absolute atomic E-state index is 0.00827. The molecule has 3 N–H and O–H groups in total. The third-order valence-electron chi connectivity index (χ3n) is 16.8. The first-order valence-corrected chi connectivity index (χ1v) is 27.4. The summed E-state index contributed by atoms with van der Waals surface area (Å²) in [5.41, 5.74) is 7.04. The molecule has 7 aromatic rings. The van der Waals surface area contributed by atoms with Crippen LogP contribution in [0, 0.1) is 23.0 Å². The smallest absolute Gasteiger partial charge is 0.343 e. The fraction of sp³-hybridized carbons (Fsp3) is 0.362. The molecule has 21 heteroatoms. The van der Waals surface area contributed by atoms with Crippen molar-refractivity contribution in [3.05, 3.63) is 122 Å². The molecule has 5 aliphatic heterocycles. The highest BCUT2D eigenvalue weighted by Crippen LogP contribution is 2.48. The van der Waals surface area contributed by atoms with E-state index in [2.05, 4.69) is 23.0 Å². The van der Waals surface area contributed by atoms with E-state index in [0.717, 1.165) is 40.8 Å². The van der Waals surface area contributed by atoms with Crippen LogP contribution in [0.1, 0.15) is 81.2 Å². The number of piperazine rings is 1. The predicted molar refractivity (Wildman–Crippen MR) is 294 cm³/mol. The number of pyridine rings is 2. The molecule has 16 nitrogen and oxygen atoms in total. The number of nitriles is 1. The Labute approximate surface area is 460 Å². The molecule has 406 valence electrons. The van der Waals surface area contributed by atoms with Crippen LogP contribution in [0.15, 0.2) is 71.7 Å². The van der Waals surface area contributed by atoms with Gasteiger partial charge in [0.2, 0.25) is 0 Å². The number of cyclic esters (lactones) is 1. The Morgan fingerprint density at radius 3 is 2.61 bits per heavy atom. The van der Waals surface area contributed by atoms with Crippen LogP contribution < -0.4 is 25.7 Å². The lowest BCUT2D eigenvalue weighted by atomic mass is 9.86. The van der Waals surface area contributed by atoms with Crippen LogP contribution in [-0.2, 0) is 39.5 Å². The summed E-state index contributed by atoms with van der Waals surface area (Å²) in [5, 5.41) is 22.6. The monoisotopic (exact) mass is 1110 g/mol. The number of fused-ring (bicyclic) bond motifs is 8. The second kappa shape index (κ2) is 19.1. The minimum atomic E-state index is -1.96. The van der Waals surface area contributed by atoms with E-state index in [1.165, 1.54) is 18.2 Å². The lowest BCUT2D eigenvalue weighted by molar-refractivity contribution is -0.172. The van der Waals surface area contributed by atoms with Gasteiger partial charge in [-0.3, -0.25) is 14.5 Å². The van der Waals surface area contributed by atoms with Gasteiger partial charge in [0.1, 0.15) is 59.1 Å². The molecule has 1 amide bonds. The van der Waals surface area contributed by atoms with Crippen molar-refractivity contribution in [2.75, 3.05) is 43.4 Å². The molecule has 3 saturated heterocycles. The molecule has 9 heterocycles. The SMILES string of the molecule is C=C(Oc1ccc2nc3c(c(CC)c2c1)Cn1c-3cc2c(c1=O)COC(=O)[C@]2(O)CC)C(=C)C(=O)N1C[C@H](C)N(c2nc(OC[C@@]34CCCN3C[C@H](F)C4)nc3c(F)c(-c4ccc(F)c5sc(N)c(C#N)c45)c(Cl)cc23)C[C@H]1C. The molecule has 4 aromatic heterocycles. The number of hydrogen-bond donors (Lipinski definition) is 2. The van der Waals surface area contributed by atoms with Gasteiger partial charge in [-0.2, -0.15) is 15.2 Å². The third-order valence-corrected chi connectivity index (χ3v) is 18.1. The average molecular weight is 1110 g/mol. The highest BCUT2D eigenvalue weighted by Gasteiger charge is 2.50. The first kappa shape index (κ1) is 52.1. The second-order valence-corrected chi connectivity index (χ2v) is 22.7. The third kappa shape index (κ3) is 8.05. The molecular weight excluding hydrogens is 1060 g/mol. The number of aryl methyl sites for hydroxylation is 1. The van der Waals surface area contributed by atoms with Gasteiger partial charge in [-0.1, -0.05) is 44.7 Å². The van der Waals surface area contributed by atoms with E-state index in [1.54, 1.807) is 34.6 Å². The van der Waals surface area contributed by atoms with Crippen molar-refractivity contribution < 1.29 is 42.1 Å². The number of carbonyl (C=O) groups excluding carboxylic acids is 2. The summed E-state index contributed by atoms with van der Waals surface area (Å²) in [6, 6.07) is 12.0. The lowest BCUT2D eigenvalue weighted by Gasteiger charge is -2.45. The average Bonchev–Trinajstić information content (AvgIpc) is 4.41. The van der Waals surface area contributed by atoms with Gasteiger partial charge in [-0.25, -0.2) is 22.9 Å². The summed E-state index contributed by atoms with van der Waals surface area (Å²) < 4.78 is 67.2. The summed E-state index contributed by atoms with van der Waals surface area (Å²) in [4.78, 5) is 61.3. The Hall–Kier alpha value is -7.57. The molecule has 0 saturated carbocycles. The van der Waals surface area contributed by atoms with Crippen LogP contribution in [0.25, 0.3) is 54.4 Å². The maximum Gasteiger partial charge on any atom is 0.343 e. The summed E-state index contributed by atoms with van der Waals surface area (Å²) in [6.45, 7) is 17.1. The molecule has 0 unspecified atom stereocenters. The number of ether oxygens (including phenoxy) is 3. The quantitative estimate of drug-likeness (QED) is 0.0537. The van der Waals surface area contributed by atoms with Crippen molar-refractivity contribution >= 4 is 77.5 Å². The topological polar surface area (TPSA) is 202 Å². The molecular formula is C58H53ClF3N9O7S. The van der Waals surface area contributed by atoms with E-state index in [9.17, 15) is 29.1 Å². The highest BCUT2D eigenvalue weighted by atomic mass is 35.5. The van der Waals surface area contributed by atoms with Crippen molar-refractivity contribution in [3.63, 3.8) is 0 Å². The maximum absolute atomic E-state index is 17.6. The molecule has 79 heavy (non-hydrogen) atoms. The Morgan fingerprint density at radius 1 is 1.05 bits per heavy atom. The van der Waals surface area contributed by atoms with Gasteiger partial charge in [0.05, 0.1) is 55.4 Å². The Kier molecular flexibility index (Phi) is 12.6. The van der Waals surface area contributed by atoms with Gasteiger partial charge >= 0.3 is 12.0 Å². The van der Waals surface area contributed by atoms with Crippen LogP contribution in [0.4, 0.5) is 24.0 Å². The number of aliphatic hydroxyl groups is 1. The molecule has 12 rings (SSSR count). The maximum atomic E-state index is 17.6. The first-order chi connectivity index (χ1) is 37.8. The van der Waals surface area contributed by atoms with Gasteiger partial charge in [0, 0.05) is 71.0 Å². The van der Waals surface area contributed by atoms with Crippen molar-refractivity contribution in [3.8, 4) is 40.3 Å². The predicted octanol–water partition coefficient (Wildman–Crippen LogP) is 9.38. The zero-order valence-corrected chi connectivity index (χ0v) is 45.2. The van der Waals surface area contributed by atoms with E-state index < -0.39 is 52.9 Å². The largest absolute Gasteiger partial charge is 0.461 e. The van der Waals surface area contributed by atoms with Crippen LogP contribution in [-0.4, -0.2) is 103 Å². The molecule has 3 fully saturated rings. The number of thiophene rings is 1. The number of aromatic nitrogens is 4. The van der Waals surface area contributed by atoms with Crippen LogP contribution in [0.5, 0.6) is 11.8 Å². The number of esters is 1.